The highest BCUT2D eigenvalue weighted by Crippen LogP contribution is 2.38. The van der Waals surface area contributed by atoms with E-state index in [1.165, 1.54) is 5.56 Å². The summed E-state index contributed by atoms with van der Waals surface area (Å²) in [4.78, 5) is 32.8. The van der Waals surface area contributed by atoms with Crippen LogP contribution in [0.25, 0.3) is 22.3 Å². The minimum atomic E-state index is -1.81. The van der Waals surface area contributed by atoms with Crippen molar-refractivity contribution in [1.82, 2.24) is 14.5 Å². The van der Waals surface area contributed by atoms with Gasteiger partial charge in [0.1, 0.15) is 6.61 Å². The van der Waals surface area contributed by atoms with Crippen molar-refractivity contribution in [2.45, 2.75) is 38.6 Å². The third-order valence-corrected chi connectivity index (χ3v) is 7.08. The van der Waals surface area contributed by atoms with Gasteiger partial charge >= 0.3 is 5.97 Å². The highest BCUT2D eigenvalue weighted by molar-refractivity contribution is 5.86. The molecule has 3 aliphatic rings. The molecule has 170 valence electrons. The molecule has 0 unspecified atom stereocenters. The van der Waals surface area contributed by atoms with E-state index in [2.05, 4.69) is 23.1 Å². The summed E-state index contributed by atoms with van der Waals surface area (Å²) in [6, 6.07) is 10.1. The van der Waals surface area contributed by atoms with Gasteiger partial charge in [-0.15, -0.1) is 0 Å². The van der Waals surface area contributed by atoms with Gasteiger partial charge in [0.05, 0.1) is 42.2 Å². The lowest BCUT2D eigenvalue weighted by atomic mass is 9.86. The molecule has 3 aromatic rings. The molecule has 6 rings (SSSR count). The third kappa shape index (κ3) is 3.13. The van der Waals surface area contributed by atoms with Crippen molar-refractivity contribution in [2.75, 3.05) is 26.3 Å². The van der Waals surface area contributed by atoms with Crippen LogP contribution in [0.3, 0.4) is 0 Å². The number of fused-ring (bicyclic) bond motifs is 5. The molecule has 0 bridgehead atoms. The van der Waals surface area contributed by atoms with E-state index in [1.54, 1.807) is 17.6 Å². The zero-order valence-corrected chi connectivity index (χ0v) is 18.5. The highest BCUT2D eigenvalue weighted by Gasteiger charge is 2.45. The fourth-order valence-electron chi connectivity index (χ4n) is 5.15. The normalized spacial score (nSPS) is 22.1. The molecule has 5 heterocycles. The SMILES string of the molecule is CC[C@@]1(O)C(=O)OCc2c1cc1n(c2=O)Cc2cc3cc(CN4CCOCC4)ccc3nc2-1. The number of esters is 1. The van der Waals surface area contributed by atoms with E-state index >= 15 is 0 Å². The minimum Gasteiger partial charge on any atom is -0.458 e. The van der Waals surface area contributed by atoms with Crippen LogP contribution in [0.1, 0.15) is 35.6 Å². The number of hydrogen-bond donors (Lipinski definition) is 1. The second-order valence-corrected chi connectivity index (χ2v) is 9.01. The van der Waals surface area contributed by atoms with Gasteiger partial charge in [0.25, 0.3) is 5.56 Å². The number of carbonyl (C=O) groups is 1. The second-order valence-electron chi connectivity index (χ2n) is 9.01. The summed E-state index contributed by atoms with van der Waals surface area (Å²) >= 11 is 0. The molecule has 1 N–H and O–H groups in total. The number of rotatable bonds is 3. The van der Waals surface area contributed by atoms with Crippen molar-refractivity contribution in [3.8, 4) is 11.4 Å². The smallest absolute Gasteiger partial charge is 0.343 e. The van der Waals surface area contributed by atoms with Gasteiger partial charge in [-0.1, -0.05) is 13.0 Å². The van der Waals surface area contributed by atoms with Gasteiger partial charge in [0.15, 0.2) is 5.60 Å². The van der Waals surface area contributed by atoms with Crippen molar-refractivity contribution >= 4 is 16.9 Å². The summed E-state index contributed by atoms with van der Waals surface area (Å²) in [6.45, 7) is 6.26. The van der Waals surface area contributed by atoms with Crippen molar-refractivity contribution in [1.29, 1.82) is 0 Å². The fraction of sp³-hybridized carbons (Fsp3) is 0.400. The summed E-state index contributed by atoms with van der Waals surface area (Å²) in [6.07, 6.45) is 0.131. The summed E-state index contributed by atoms with van der Waals surface area (Å²) in [5.74, 6) is -0.709. The average molecular weight is 447 g/mol. The Morgan fingerprint density at radius 3 is 2.76 bits per heavy atom. The van der Waals surface area contributed by atoms with Crippen LogP contribution in [0.15, 0.2) is 35.1 Å². The quantitative estimate of drug-likeness (QED) is 0.480. The van der Waals surface area contributed by atoms with Gasteiger partial charge in [-0.2, -0.15) is 0 Å². The Kier molecular flexibility index (Phi) is 4.65. The predicted octanol–water partition coefficient (Wildman–Crippen LogP) is 1.91. The Morgan fingerprint density at radius 1 is 1.15 bits per heavy atom. The third-order valence-electron chi connectivity index (χ3n) is 7.08. The number of aliphatic hydroxyl groups is 1. The number of hydrogen-bond acceptors (Lipinski definition) is 7. The van der Waals surface area contributed by atoms with E-state index < -0.39 is 11.6 Å². The van der Waals surface area contributed by atoms with E-state index in [0.717, 1.165) is 55.0 Å². The van der Waals surface area contributed by atoms with Gasteiger partial charge in [0, 0.05) is 36.1 Å². The lowest BCUT2D eigenvalue weighted by Gasteiger charge is -2.31. The minimum absolute atomic E-state index is 0.119. The molecule has 0 aliphatic carbocycles. The number of pyridine rings is 2. The summed E-state index contributed by atoms with van der Waals surface area (Å²) in [5, 5.41) is 12.0. The number of benzene rings is 1. The maximum atomic E-state index is 13.3. The first-order valence-electron chi connectivity index (χ1n) is 11.4. The number of carbonyl (C=O) groups excluding carboxylic acids is 1. The molecule has 2 aromatic heterocycles. The van der Waals surface area contributed by atoms with Crippen LogP contribution in [0.5, 0.6) is 0 Å². The number of ether oxygens (including phenoxy) is 2. The van der Waals surface area contributed by atoms with E-state index in [4.69, 9.17) is 14.5 Å². The van der Waals surface area contributed by atoms with Gasteiger partial charge in [-0.05, 0) is 36.2 Å². The first-order valence-corrected chi connectivity index (χ1v) is 11.4. The maximum Gasteiger partial charge on any atom is 0.343 e. The standard InChI is InChI=1S/C25H25N3O5/c1-2-25(31)19-11-21-22-17(13-28(21)23(29)18(19)14-33-24(25)30)10-16-9-15(3-4-20(16)26-22)12-27-5-7-32-8-6-27/h3-4,9-11,31H,2,5-8,12-14H2,1H3/t25-/m0/s1. The van der Waals surface area contributed by atoms with Crippen LogP contribution in [0.4, 0.5) is 0 Å². The molecule has 1 atom stereocenters. The zero-order chi connectivity index (χ0) is 22.7. The van der Waals surface area contributed by atoms with E-state index in [0.29, 0.717) is 23.4 Å². The largest absolute Gasteiger partial charge is 0.458 e. The molecule has 33 heavy (non-hydrogen) atoms. The average Bonchev–Trinajstić information content (AvgIpc) is 3.19. The van der Waals surface area contributed by atoms with Crippen LogP contribution in [-0.4, -0.2) is 51.8 Å². The molecule has 1 fully saturated rings. The Balaban J connectivity index is 1.42. The van der Waals surface area contributed by atoms with Gasteiger partial charge in [-0.3, -0.25) is 9.69 Å². The molecular weight excluding hydrogens is 422 g/mol. The predicted molar refractivity (Wildman–Crippen MR) is 121 cm³/mol. The first kappa shape index (κ1) is 20.5. The number of aromatic nitrogens is 2. The highest BCUT2D eigenvalue weighted by atomic mass is 16.6. The van der Waals surface area contributed by atoms with Crippen molar-refractivity contribution < 1.29 is 19.4 Å². The monoisotopic (exact) mass is 447 g/mol. The summed E-state index contributed by atoms with van der Waals surface area (Å²) < 4.78 is 12.2. The zero-order valence-electron chi connectivity index (χ0n) is 18.5. The Bertz CT molecular complexity index is 1360. The van der Waals surface area contributed by atoms with Crippen LogP contribution in [-0.2, 0) is 39.6 Å². The van der Waals surface area contributed by atoms with Crippen LogP contribution < -0.4 is 5.56 Å². The lowest BCUT2D eigenvalue weighted by Crippen LogP contribution is -2.44. The maximum absolute atomic E-state index is 13.3. The van der Waals surface area contributed by atoms with Crippen molar-refractivity contribution in [3.05, 3.63) is 62.9 Å². The van der Waals surface area contributed by atoms with E-state index in [1.807, 2.05) is 6.07 Å². The molecule has 1 saturated heterocycles. The van der Waals surface area contributed by atoms with Crippen molar-refractivity contribution in [2.24, 2.45) is 0 Å². The molecular formula is C25H25N3O5. The Labute approximate surface area is 190 Å². The number of morpholine rings is 1. The summed E-state index contributed by atoms with van der Waals surface area (Å²) in [5.41, 5.74) is 3.02. The fourth-order valence-corrected chi connectivity index (χ4v) is 5.15. The van der Waals surface area contributed by atoms with Gasteiger partial charge in [0.2, 0.25) is 0 Å². The lowest BCUT2D eigenvalue weighted by molar-refractivity contribution is -0.172. The molecule has 1 aromatic carbocycles. The van der Waals surface area contributed by atoms with Gasteiger partial charge < -0.3 is 19.1 Å². The molecule has 0 amide bonds. The van der Waals surface area contributed by atoms with Crippen molar-refractivity contribution in [3.63, 3.8) is 0 Å². The van der Waals surface area contributed by atoms with E-state index in [-0.39, 0.29) is 18.6 Å². The molecule has 3 aliphatic heterocycles. The Morgan fingerprint density at radius 2 is 1.97 bits per heavy atom. The molecule has 8 heteroatoms. The van der Waals surface area contributed by atoms with Gasteiger partial charge in [-0.25, -0.2) is 9.78 Å². The number of cyclic esters (lactones) is 1. The first-order chi connectivity index (χ1) is 16.0. The number of nitrogens with zero attached hydrogens (tertiary/aromatic N) is 3. The van der Waals surface area contributed by atoms with E-state index in [9.17, 15) is 14.7 Å². The molecule has 0 spiro atoms. The molecule has 0 saturated carbocycles. The molecule has 0 radical (unpaired) electrons. The Hall–Kier alpha value is -3.07. The molecule has 8 nitrogen and oxygen atoms in total. The van der Waals surface area contributed by atoms with Crippen LogP contribution in [0.2, 0.25) is 0 Å². The summed E-state index contributed by atoms with van der Waals surface area (Å²) in [7, 11) is 0. The van der Waals surface area contributed by atoms with Crippen LogP contribution >= 0.6 is 0 Å². The van der Waals surface area contributed by atoms with Crippen LogP contribution in [0, 0.1) is 0 Å². The topological polar surface area (TPSA) is 93.9 Å². The second kappa shape index (κ2) is 7.48.